The van der Waals surface area contributed by atoms with Gasteiger partial charge in [-0.15, -0.1) is 0 Å². The topological polar surface area (TPSA) is 120 Å². The third-order valence-electron chi connectivity index (χ3n) is 8.27. The molecule has 0 atom stereocenters. The van der Waals surface area contributed by atoms with Crippen LogP contribution in [0.25, 0.3) is 0 Å². The van der Waals surface area contributed by atoms with E-state index in [4.69, 9.17) is 14.6 Å². The number of carbonyl (C=O) groups is 3. The predicted molar refractivity (Wildman–Crippen MR) is 175 cm³/mol. The molecule has 3 aromatic rings. The highest BCUT2D eigenvalue weighted by Crippen LogP contribution is 2.27. The summed E-state index contributed by atoms with van der Waals surface area (Å²) >= 11 is 0. The Morgan fingerprint density at radius 2 is 1.60 bits per heavy atom. The summed E-state index contributed by atoms with van der Waals surface area (Å²) in [7, 11) is 3.66. The number of likely N-dealkylation sites (N-methyl/N-ethyl adjacent to an activating group) is 1. The Labute approximate surface area is 265 Å². The highest BCUT2D eigenvalue weighted by molar-refractivity contribution is 6.01. The van der Waals surface area contributed by atoms with Crippen LogP contribution in [0.3, 0.4) is 0 Å². The molecule has 45 heavy (non-hydrogen) atoms. The molecule has 0 unspecified atom stereocenters. The number of aryl methyl sites for hydroxylation is 1. The van der Waals surface area contributed by atoms with Gasteiger partial charge in [-0.05, 0) is 80.4 Å². The van der Waals surface area contributed by atoms with Crippen LogP contribution in [0.4, 0.5) is 16.2 Å². The number of rotatable bonds is 14. The number of benzene rings is 3. The van der Waals surface area contributed by atoms with Crippen LogP contribution >= 0.6 is 0 Å². The van der Waals surface area contributed by atoms with E-state index in [1.165, 1.54) is 51.3 Å². The van der Waals surface area contributed by atoms with Crippen LogP contribution in [0.2, 0.25) is 0 Å². The van der Waals surface area contributed by atoms with Gasteiger partial charge < -0.3 is 35.0 Å². The zero-order chi connectivity index (χ0) is 32.2. The Bertz CT molecular complexity index is 1440. The molecule has 0 heterocycles. The summed E-state index contributed by atoms with van der Waals surface area (Å²) in [6.07, 6.45) is 6.30. The van der Waals surface area contributed by atoms with E-state index >= 15 is 0 Å². The Hall–Kier alpha value is -4.57. The number of nitrogens with zero attached hydrogens (tertiary/aromatic N) is 2. The van der Waals surface area contributed by atoms with Gasteiger partial charge in [0.1, 0.15) is 18.1 Å². The largest absolute Gasteiger partial charge is 0.495 e. The summed E-state index contributed by atoms with van der Waals surface area (Å²) in [5.41, 5.74) is 3.11. The lowest BCUT2D eigenvalue weighted by Crippen LogP contribution is -2.43. The van der Waals surface area contributed by atoms with Crippen molar-refractivity contribution >= 4 is 29.3 Å². The lowest BCUT2D eigenvalue weighted by atomic mass is 9.94. The zero-order valence-corrected chi connectivity index (χ0v) is 26.4. The fraction of sp³-hybridized carbons (Fsp3) is 0.400. The number of methoxy groups -OCH3 is 1. The third kappa shape index (κ3) is 9.97. The maximum absolute atomic E-state index is 13.6. The molecule has 10 heteroatoms. The number of anilines is 2. The second-order valence-electron chi connectivity index (χ2n) is 11.4. The minimum absolute atomic E-state index is 0.0445. The molecule has 1 aliphatic carbocycles. The smallest absolute Gasteiger partial charge is 0.335 e. The number of carbonyl (C=O) groups excluding carboxylic acids is 2. The monoisotopic (exact) mass is 616 g/mol. The number of urea groups is 1. The van der Waals surface area contributed by atoms with Crippen molar-refractivity contribution in [3.05, 3.63) is 83.4 Å². The van der Waals surface area contributed by atoms with E-state index in [9.17, 15) is 14.4 Å². The van der Waals surface area contributed by atoms with Gasteiger partial charge >= 0.3 is 12.0 Å². The quantitative estimate of drug-likeness (QED) is 0.201. The molecule has 1 fully saturated rings. The first-order chi connectivity index (χ1) is 21.7. The molecule has 0 radical (unpaired) electrons. The molecule has 0 aliphatic heterocycles. The Kier molecular flexibility index (Phi) is 12.2. The van der Waals surface area contributed by atoms with Gasteiger partial charge in [-0.25, -0.2) is 9.59 Å². The predicted octanol–water partition coefficient (Wildman–Crippen LogP) is 6.06. The van der Waals surface area contributed by atoms with E-state index in [0.29, 0.717) is 42.0 Å². The van der Waals surface area contributed by atoms with Gasteiger partial charge in [0.2, 0.25) is 5.91 Å². The Balaban J connectivity index is 1.39. The molecule has 1 saturated carbocycles. The fourth-order valence-electron chi connectivity index (χ4n) is 5.54. The molecule has 10 nitrogen and oxygen atoms in total. The number of hydrogen-bond donors (Lipinski definition) is 3. The van der Waals surface area contributed by atoms with E-state index in [1.807, 2.05) is 42.2 Å². The fourth-order valence-corrected chi connectivity index (χ4v) is 5.54. The molecule has 3 N–H and O–H groups in total. The molecule has 240 valence electrons. The molecule has 0 aromatic heterocycles. The van der Waals surface area contributed by atoms with Crippen molar-refractivity contribution < 1.29 is 29.0 Å². The van der Waals surface area contributed by atoms with Crippen molar-refractivity contribution in [2.75, 3.05) is 51.0 Å². The lowest BCUT2D eigenvalue weighted by Gasteiger charge is -2.33. The van der Waals surface area contributed by atoms with Gasteiger partial charge in [-0.1, -0.05) is 43.5 Å². The average molecular weight is 617 g/mol. The van der Waals surface area contributed by atoms with Crippen LogP contribution in [0.1, 0.15) is 53.6 Å². The number of hydrogen-bond acceptors (Lipinski definition) is 6. The van der Waals surface area contributed by atoms with Crippen LogP contribution in [-0.4, -0.2) is 79.3 Å². The summed E-state index contributed by atoms with van der Waals surface area (Å²) in [6.45, 7) is 3.89. The molecule has 0 spiro atoms. The van der Waals surface area contributed by atoms with E-state index in [-0.39, 0.29) is 24.5 Å². The molecular formula is C35H44N4O6. The number of nitrogens with one attached hydrogen (secondary N) is 2. The van der Waals surface area contributed by atoms with Gasteiger partial charge in [0, 0.05) is 24.8 Å². The molecule has 0 saturated heterocycles. The van der Waals surface area contributed by atoms with Gasteiger partial charge in [-0.3, -0.25) is 4.79 Å². The van der Waals surface area contributed by atoms with Crippen molar-refractivity contribution in [1.82, 2.24) is 9.80 Å². The van der Waals surface area contributed by atoms with E-state index in [1.54, 1.807) is 24.3 Å². The summed E-state index contributed by atoms with van der Waals surface area (Å²) in [5.74, 6) is -0.0359. The lowest BCUT2D eigenvalue weighted by molar-refractivity contribution is -0.131. The number of carboxylic acids is 1. The number of amides is 3. The number of para-hydroxylation sites is 1. The van der Waals surface area contributed by atoms with Gasteiger partial charge in [0.05, 0.1) is 31.3 Å². The van der Waals surface area contributed by atoms with Crippen molar-refractivity contribution in [1.29, 1.82) is 0 Å². The summed E-state index contributed by atoms with van der Waals surface area (Å²) in [5, 5.41) is 14.8. The molecule has 4 rings (SSSR count). The van der Waals surface area contributed by atoms with Gasteiger partial charge in [-0.2, -0.15) is 0 Å². The van der Waals surface area contributed by atoms with Crippen molar-refractivity contribution in [3.8, 4) is 11.5 Å². The van der Waals surface area contributed by atoms with Crippen LogP contribution < -0.4 is 20.1 Å². The summed E-state index contributed by atoms with van der Waals surface area (Å²) < 4.78 is 11.4. The van der Waals surface area contributed by atoms with E-state index in [2.05, 4.69) is 22.6 Å². The zero-order valence-electron chi connectivity index (χ0n) is 26.4. The van der Waals surface area contributed by atoms with Crippen molar-refractivity contribution in [3.63, 3.8) is 0 Å². The number of carboxylic acid groups (broad SMARTS) is 1. The normalized spacial score (nSPS) is 13.2. The molecular weight excluding hydrogens is 572 g/mol. The van der Waals surface area contributed by atoms with Crippen molar-refractivity contribution in [2.45, 2.75) is 51.5 Å². The third-order valence-corrected chi connectivity index (χ3v) is 8.27. The van der Waals surface area contributed by atoms with Gasteiger partial charge in [0.15, 0.2) is 0 Å². The van der Waals surface area contributed by atoms with Crippen molar-refractivity contribution in [2.24, 2.45) is 0 Å². The van der Waals surface area contributed by atoms with Gasteiger partial charge in [0.25, 0.3) is 0 Å². The van der Waals surface area contributed by atoms with Crippen LogP contribution in [0, 0.1) is 6.92 Å². The average Bonchev–Trinajstić information content (AvgIpc) is 3.04. The van der Waals surface area contributed by atoms with Crippen LogP contribution in [0.5, 0.6) is 11.5 Å². The standard InChI is InChI=1S/C35H44N4O6/c1-25-9-7-8-12-30(25)36-35(43)37-31-18-13-26(23-32(31)44-3)24-33(40)39(20-19-38(2)28-10-5-4-6-11-28)21-22-45-29-16-14-27(15-17-29)34(41)42/h7-9,12-18,23,28H,4-6,10-11,19-22,24H2,1-3H3,(H,41,42)(H2,36,37,43). The number of ether oxygens (including phenoxy) is 2. The minimum Gasteiger partial charge on any atom is -0.495 e. The maximum Gasteiger partial charge on any atom is 0.335 e. The highest BCUT2D eigenvalue weighted by atomic mass is 16.5. The number of aromatic carboxylic acids is 1. The SMILES string of the molecule is COc1cc(CC(=O)N(CCOc2ccc(C(=O)O)cc2)CCN(C)C2CCCCC2)ccc1NC(=O)Nc1ccccc1C. The molecule has 1 aliphatic rings. The van der Waals surface area contributed by atoms with E-state index in [0.717, 1.165) is 17.7 Å². The molecule has 3 amide bonds. The maximum atomic E-state index is 13.6. The molecule has 3 aromatic carbocycles. The molecule has 0 bridgehead atoms. The van der Waals surface area contributed by atoms with E-state index < -0.39 is 12.0 Å². The van der Waals surface area contributed by atoms with Crippen LogP contribution in [0.15, 0.2) is 66.7 Å². The first-order valence-electron chi connectivity index (χ1n) is 15.5. The van der Waals surface area contributed by atoms with Crippen LogP contribution in [-0.2, 0) is 11.2 Å². The summed E-state index contributed by atoms with van der Waals surface area (Å²) in [6, 6.07) is 19.2. The Morgan fingerprint density at radius 1 is 0.889 bits per heavy atom. The first kappa shape index (κ1) is 33.3. The minimum atomic E-state index is -0.994. The highest BCUT2D eigenvalue weighted by Gasteiger charge is 2.21. The second-order valence-corrected chi connectivity index (χ2v) is 11.4. The Morgan fingerprint density at radius 3 is 2.29 bits per heavy atom. The first-order valence-corrected chi connectivity index (χ1v) is 15.5. The second kappa shape index (κ2) is 16.5. The summed E-state index contributed by atoms with van der Waals surface area (Å²) in [4.78, 5) is 41.6.